The van der Waals surface area contributed by atoms with E-state index in [0.717, 1.165) is 43.4 Å². The Balaban J connectivity index is 1.76. The maximum absolute atomic E-state index is 9.63. The molecular formula is C19H22N6O. The fourth-order valence-electron chi connectivity index (χ4n) is 3.34. The van der Waals surface area contributed by atoms with Gasteiger partial charge in [0.2, 0.25) is 5.89 Å². The molecular weight excluding hydrogens is 328 g/mol. The summed E-state index contributed by atoms with van der Waals surface area (Å²) in [5.41, 5.74) is 2.79. The van der Waals surface area contributed by atoms with Gasteiger partial charge >= 0.3 is 0 Å². The van der Waals surface area contributed by atoms with Crippen LogP contribution in [0.2, 0.25) is 0 Å². The van der Waals surface area contributed by atoms with Crippen molar-refractivity contribution in [1.82, 2.24) is 15.1 Å². The van der Waals surface area contributed by atoms with Gasteiger partial charge in [-0.1, -0.05) is 18.0 Å². The number of pyridine rings is 1. The lowest BCUT2D eigenvalue weighted by Crippen LogP contribution is -2.13. The second-order valence-corrected chi connectivity index (χ2v) is 6.54. The van der Waals surface area contributed by atoms with Gasteiger partial charge in [0.05, 0.1) is 5.56 Å². The molecule has 134 valence electrons. The summed E-state index contributed by atoms with van der Waals surface area (Å²) in [5.74, 6) is 1.75. The van der Waals surface area contributed by atoms with E-state index in [1.165, 1.54) is 12.8 Å². The zero-order valence-corrected chi connectivity index (χ0v) is 15.0. The fraction of sp³-hybridized carbons (Fsp3) is 0.526. The molecule has 0 aliphatic heterocycles. The van der Waals surface area contributed by atoms with Crippen LogP contribution < -0.4 is 5.32 Å². The van der Waals surface area contributed by atoms with E-state index in [4.69, 9.17) is 9.51 Å². The number of hydrogen-bond donors (Lipinski definition) is 1. The number of rotatable bonds is 5. The number of aryl methyl sites for hydroxylation is 3. The summed E-state index contributed by atoms with van der Waals surface area (Å²) < 4.78 is 5.10. The molecule has 0 saturated heterocycles. The second-order valence-electron chi connectivity index (χ2n) is 6.54. The quantitative estimate of drug-likeness (QED) is 0.824. The van der Waals surface area contributed by atoms with Crippen molar-refractivity contribution in [3.8, 4) is 12.1 Å². The highest BCUT2D eigenvalue weighted by molar-refractivity contribution is 5.63. The number of anilines is 1. The third-order valence-corrected chi connectivity index (χ3v) is 4.63. The summed E-state index contributed by atoms with van der Waals surface area (Å²) in [6, 6.07) is 4.42. The molecule has 0 fully saturated rings. The van der Waals surface area contributed by atoms with Crippen molar-refractivity contribution in [2.75, 3.05) is 11.9 Å². The number of nitrogens with zero attached hydrogens (tertiary/aromatic N) is 5. The maximum Gasteiger partial charge on any atom is 0.226 e. The van der Waals surface area contributed by atoms with Crippen LogP contribution in [0.3, 0.4) is 0 Å². The van der Waals surface area contributed by atoms with E-state index < -0.39 is 0 Å². The highest BCUT2D eigenvalue weighted by Crippen LogP contribution is 2.28. The first-order valence-electron chi connectivity index (χ1n) is 9.12. The number of aromatic nitrogens is 3. The molecule has 2 heterocycles. The topological polar surface area (TPSA) is 111 Å². The minimum absolute atomic E-state index is 0.362. The van der Waals surface area contributed by atoms with Gasteiger partial charge in [0, 0.05) is 18.7 Å². The Kier molecular flexibility index (Phi) is 5.80. The predicted octanol–water partition coefficient (Wildman–Crippen LogP) is 3.22. The number of nitrogens with one attached hydrogen (secondary N) is 1. The van der Waals surface area contributed by atoms with Gasteiger partial charge in [-0.05, 0) is 44.6 Å². The van der Waals surface area contributed by atoms with Crippen molar-refractivity contribution in [2.24, 2.45) is 0 Å². The molecule has 0 amide bonds. The molecule has 1 N–H and O–H groups in total. The van der Waals surface area contributed by atoms with Crippen molar-refractivity contribution in [3.05, 3.63) is 34.1 Å². The van der Waals surface area contributed by atoms with E-state index in [0.29, 0.717) is 41.6 Å². The zero-order chi connectivity index (χ0) is 18.4. The molecule has 1 aliphatic rings. The van der Waals surface area contributed by atoms with Gasteiger partial charge in [0.25, 0.3) is 0 Å². The zero-order valence-electron chi connectivity index (χ0n) is 15.0. The molecule has 1 aliphatic carbocycles. The highest BCUT2D eigenvalue weighted by Gasteiger charge is 2.20. The maximum atomic E-state index is 9.63. The molecule has 0 radical (unpaired) electrons. The lowest BCUT2D eigenvalue weighted by Gasteiger charge is -2.18. The lowest BCUT2D eigenvalue weighted by molar-refractivity contribution is 0.373. The van der Waals surface area contributed by atoms with Crippen LogP contribution in [0.25, 0.3) is 0 Å². The van der Waals surface area contributed by atoms with E-state index in [1.54, 1.807) is 6.92 Å². The van der Waals surface area contributed by atoms with Crippen molar-refractivity contribution in [3.63, 3.8) is 0 Å². The normalized spacial score (nSPS) is 13.8. The van der Waals surface area contributed by atoms with Gasteiger partial charge in [0.15, 0.2) is 5.82 Å². The molecule has 0 atom stereocenters. The number of hydrogen-bond acceptors (Lipinski definition) is 7. The Morgan fingerprint density at radius 1 is 1.04 bits per heavy atom. The van der Waals surface area contributed by atoms with Crippen LogP contribution >= 0.6 is 0 Å². The summed E-state index contributed by atoms with van der Waals surface area (Å²) in [4.78, 5) is 8.88. The molecule has 0 aromatic carbocycles. The SMILES string of the molecule is Cc1noc(CCCNc2nc3c(c(C#N)c2C#N)CCCCCC3)n1. The fourth-order valence-corrected chi connectivity index (χ4v) is 3.34. The standard InChI is InChI=1S/C19H22N6O/c1-13-23-18(26-25-13)9-6-10-22-19-16(12-21)15(11-20)14-7-4-2-3-5-8-17(14)24-19/h2-10H2,1H3,(H,22,24). The molecule has 26 heavy (non-hydrogen) atoms. The van der Waals surface area contributed by atoms with Crippen molar-refractivity contribution >= 4 is 5.82 Å². The first-order chi connectivity index (χ1) is 12.7. The summed E-state index contributed by atoms with van der Waals surface area (Å²) in [5, 5.41) is 26.2. The van der Waals surface area contributed by atoms with E-state index in [9.17, 15) is 10.5 Å². The van der Waals surface area contributed by atoms with Crippen LogP contribution in [0.1, 0.15) is 66.2 Å². The molecule has 2 aromatic heterocycles. The Morgan fingerprint density at radius 3 is 2.50 bits per heavy atom. The molecule has 0 unspecified atom stereocenters. The third-order valence-electron chi connectivity index (χ3n) is 4.63. The summed E-state index contributed by atoms with van der Waals surface area (Å²) in [6.45, 7) is 2.41. The Morgan fingerprint density at radius 2 is 1.81 bits per heavy atom. The molecule has 2 aromatic rings. The van der Waals surface area contributed by atoms with Crippen LogP contribution in [0.4, 0.5) is 5.82 Å². The lowest BCUT2D eigenvalue weighted by atomic mass is 9.91. The van der Waals surface area contributed by atoms with Crippen LogP contribution in [-0.4, -0.2) is 21.7 Å². The summed E-state index contributed by atoms with van der Waals surface area (Å²) in [7, 11) is 0. The van der Waals surface area contributed by atoms with Gasteiger partial charge in [-0.3, -0.25) is 0 Å². The van der Waals surface area contributed by atoms with Gasteiger partial charge in [-0.2, -0.15) is 15.5 Å². The van der Waals surface area contributed by atoms with E-state index in [2.05, 4.69) is 27.6 Å². The average molecular weight is 350 g/mol. The summed E-state index contributed by atoms with van der Waals surface area (Å²) >= 11 is 0. The van der Waals surface area contributed by atoms with Crippen LogP contribution in [0.5, 0.6) is 0 Å². The third kappa shape index (κ3) is 4.00. The molecule has 3 rings (SSSR count). The molecule has 0 saturated carbocycles. The van der Waals surface area contributed by atoms with Crippen LogP contribution in [-0.2, 0) is 19.3 Å². The Labute approximate surface area is 153 Å². The van der Waals surface area contributed by atoms with Crippen molar-refractivity contribution in [2.45, 2.75) is 58.3 Å². The molecule has 7 heteroatoms. The smallest absolute Gasteiger partial charge is 0.226 e. The number of fused-ring (bicyclic) bond motifs is 1. The second kappa shape index (κ2) is 8.44. The minimum Gasteiger partial charge on any atom is -0.369 e. The average Bonchev–Trinajstić information content (AvgIpc) is 3.04. The Hall–Kier alpha value is -2.93. The van der Waals surface area contributed by atoms with Crippen molar-refractivity contribution in [1.29, 1.82) is 10.5 Å². The largest absolute Gasteiger partial charge is 0.369 e. The Bertz CT molecular complexity index is 858. The van der Waals surface area contributed by atoms with E-state index in [-0.39, 0.29) is 0 Å². The molecule has 7 nitrogen and oxygen atoms in total. The predicted molar refractivity (Wildman–Crippen MR) is 95.4 cm³/mol. The van der Waals surface area contributed by atoms with Gasteiger partial charge in [-0.15, -0.1) is 0 Å². The van der Waals surface area contributed by atoms with Gasteiger partial charge < -0.3 is 9.84 Å². The van der Waals surface area contributed by atoms with E-state index in [1.807, 2.05) is 0 Å². The minimum atomic E-state index is 0.362. The van der Waals surface area contributed by atoms with E-state index >= 15 is 0 Å². The highest BCUT2D eigenvalue weighted by atomic mass is 16.5. The molecule has 0 spiro atoms. The first kappa shape index (κ1) is 17.9. The molecule has 0 bridgehead atoms. The first-order valence-corrected chi connectivity index (χ1v) is 9.12. The summed E-state index contributed by atoms with van der Waals surface area (Å²) in [6.07, 6.45) is 7.61. The monoisotopic (exact) mass is 350 g/mol. The van der Waals surface area contributed by atoms with Crippen molar-refractivity contribution < 1.29 is 4.52 Å². The van der Waals surface area contributed by atoms with Gasteiger partial charge in [-0.25, -0.2) is 4.98 Å². The number of nitriles is 2. The van der Waals surface area contributed by atoms with Crippen LogP contribution in [0.15, 0.2) is 4.52 Å². The van der Waals surface area contributed by atoms with Gasteiger partial charge in [0.1, 0.15) is 23.5 Å². The van der Waals surface area contributed by atoms with Crippen LogP contribution in [0, 0.1) is 29.6 Å².